The van der Waals surface area contributed by atoms with Gasteiger partial charge in [-0.2, -0.15) is 0 Å². The van der Waals surface area contributed by atoms with E-state index in [4.69, 9.17) is 5.11 Å². The summed E-state index contributed by atoms with van der Waals surface area (Å²) in [6.07, 6.45) is 3.35. The Balaban J connectivity index is 2.82. The van der Waals surface area contributed by atoms with E-state index >= 15 is 0 Å². The van der Waals surface area contributed by atoms with Crippen LogP contribution in [0.1, 0.15) is 37.1 Å². The third-order valence-electron chi connectivity index (χ3n) is 2.28. The highest BCUT2D eigenvalue weighted by atomic mass is 16.4. The number of carboxylic acid groups (broad SMARTS) is 1. The summed E-state index contributed by atoms with van der Waals surface area (Å²) in [5, 5.41) is 9.05. The number of rotatable bonds is 1. The van der Waals surface area contributed by atoms with Crippen LogP contribution in [0.5, 0.6) is 0 Å². The first-order valence-electron chi connectivity index (χ1n) is 4.98. The summed E-state index contributed by atoms with van der Waals surface area (Å²) in [6, 6.07) is 1.76. The molecule has 0 saturated carbocycles. The Labute approximate surface area is 92.8 Å². The van der Waals surface area contributed by atoms with Crippen molar-refractivity contribution in [2.24, 2.45) is 0 Å². The molecule has 0 aliphatic heterocycles. The second kappa shape index (κ2) is 3.30. The van der Waals surface area contributed by atoms with Crippen LogP contribution in [0.4, 0.5) is 0 Å². The number of aromatic carboxylic acids is 1. The van der Waals surface area contributed by atoms with E-state index in [1.54, 1.807) is 22.9 Å². The molecule has 0 atom stereocenters. The molecule has 16 heavy (non-hydrogen) atoms. The maximum atomic E-state index is 11.0. The number of imidazole rings is 1. The molecule has 0 aromatic carbocycles. The van der Waals surface area contributed by atoms with Crippen LogP contribution in [-0.4, -0.2) is 25.4 Å². The van der Waals surface area contributed by atoms with E-state index in [2.05, 4.69) is 9.97 Å². The standard InChI is InChI=1S/C11H13N3O2/c1-11(2,3)10-13-7(9(15)16)8-12-5-4-6-14(8)10/h4-6H,1-3H3,(H,15,16). The molecular weight excluding hydrogens is 206 g/mol. The summed E-state index contributed by atoms with van der Waals surface area (Å²) in [4.78, 5) is 19.3. The minimum Gasteiger partial charge on any atom is -0.476 e. The van der Waals surface area contributed by atoms with Crippen molar-refractivity contribution in [3.63, 3.8) is 0 Å². The van der Waals surface area contributed by atoms with Crippen molar-refractivity contribution in [1.29, 1.82) is 0 Å². The van der Waals surface area contributed by atoms with E-state index in [0.29, 0.717) is 11.5 Å². The summed E-state index contributed by atoms with van der Waals surface area (Å²) < 4.78 is 1.73. The van der Waals surface area contributed by atoms with Gasteiger partial charge < -0.3 is 5.11 Å². The molecule has 5 heteroatoms. The molecule has 0 amide bonds. The van der Waals surface area contributed by atoms with Gasteiger partial charge in [-0.3, -0.25) is 4.40 Å². The predicted molar refractivity (Wildman–Crippen MR) is 58.6 cm³/mol. The smallest absolute Gasteiger partial charge is 0.358 e. The van der Waals surface area contributed by atoms with Crippen LogP contribution in [0.15, 0.2) is 18.5 Å². The first-order chi connectivity index (χ1) is 7.41. The average molecular weight is 219 g/mol. The fourth-order valence-electron chi connectivity index (χ4n) is 1.60. The van der Waals surface area contributed by atoms with Crippen molar-refractivity contribution in [2.75, 3.05) is 0 Å². The number of carbonyl (C=O) groups is 1. The lowest BCUT2D eigenvalue weighted by Gasteiger charge is -2.16. The molecule has 0 radical (unpaired) electrons. The van der Waals surface area contributed by atoms with Crippen molar-refractivity contribution in [3.8, 4) is 0 Å². The molecule has 84 valence electrons. The zero-order chi connectivity index (χ0) is 11.9. The monoisotopic (exact) mass is 219 g/mol. The van der Waals surface area contributed by atoms with Gasteiger partial charge in [-0.15, -0.1) is 0 Å². The van der Waals surface area contributed by atoms with Gasteiger partial charge >= 0.3 is 5.97 Å². The molecule has 0 fully saturated rings. The Hall–Kier alpha value is -1.91. The van der Waals surface area contributed by atoms with Gasteiger partial charge in [0.25, 0.3) is 0 Å². The third-order valence-corrected chi connectivity index (χ3v) is 2.28. The molecule has 0 spiro atoms. The van der Waals surface area contributed by atoms with Gasteiger partial charge in [0.05, 0.1) is 0 Å². The molecule has 0 aliphatic carbocycles. The largest absolute Gasteiger partial charge is 0.476 e. The average Bonchev–Trinajstić information content (AvgIpc) is 2.56. The molecule has 0 saturated heterocycles. The quantitative estimate of drug-likeness (QED) is 0.793. The van der Waals surface area contributed by atoms with Crippen molar-refractivity contribution >= 4 is 11.6 Å². The molecule has 0 unspecified atom stereocenters. The molecule has 5 nitrogen and oxygen atoms in total. The lowest BCUT2D eigenvalue weighted by atomic mass is 9.96. The van der Waals surface area contributed by atoms with Crippen LogP contribution in [0.25, 0.3) is 5.65 Å². The Morgan fingerprint density at radius 2 is 2.12 bits per heavy atom. The Kier molecular flexibility index (Phi) is 2.18. The van der Waals surface area contributed by atoms with Crippen molar-refractivity contribution in [1.82, 2.24) is 14.4 Å². The maximum absolute atomic E-state index is 11.0. The van der Waals surface area contributed by atoms with Crippen LogP contribution in [0.2, 0.25) is 0 Å². The number of fused-ring (bicyclic) bond motifs is 1. The van der Waals surface area contributed by atoms with Gasteiger partial charge in [0.1, 0.15) is 5.82 Å². The number of hydrogen-bond donors (Lipinski definition) is 1. The number of nitrogens with zero attached hydrogens (tertiary/aromatic N) is 3. The van der Waals surface area contributed by atoms with Crippen LogP contribution < -0.4 is 0 Å². The van der Waals surface area contributed by atoms with Crippen molar-refractivity contribution in [3.05, 3.63) is 30.0 Å². The lowest BCUT2D eigenvalue weighted by molar-refractivity contribution is 0.0693. The Bertz CT molecular complexity index is 552. The maximum Gasteiger partial charge on any atom is 0.358 e. The molecule has 2 rings (SSSR count). The highest BCUT2D eigenvalue weighted by molar-refractivity contribution is 5.92. The van der Waals surface area contributed by atoms with Gasteiger partial charge in [0, 0.05) is 17.8 Å². The van der Waals surface area contributed by atoms with E-state index in [1.165, 1.54) is 0 Å². The molecule has 0 aliphatic rings. The van der Waals surface area contributed by atoms with Crippen LogP contribution in [0.3, 0.4) is 0 Å². The highest BCUT2D eigenvalue weighted by Gasteiger charge is 2.25. The van der Waals surface area contributed by atoms with E-state index in [0.717, 1.165) is 0 Å². The summed E-state index contributed by atoms with van der Waals surface area (Å²) >= 11 is 0. The second-order valence-corrected chi connectivity index (χ2v) is 4.65. The van der Waals surface area contributed by atoms with E-state index in [9.17, 15) is 4.79 Å². The predicted octanol–water partition coefficient (Wildman–Crippen LogP) is 1.72. The fourth-order valence-corrected chi connectivity index (χ4v) is 1.60. The first-order valence-corrected chi connectivity index (χ1v) is 4.98. The number of carboxylic acids is 1. The van der Waals surface area contributed by atoms with Gasteiger partial charge in [0.2, 0.25) is 0 Å². The third kappa shape index (κ3) is 1.54. The van der Waals surface area contributed by atoms with E-state index in [-0.39, 0.29) is 11.1 Å². The van der Waals surface area contributed by atoms with Crippen LogP contribution in [0, 0.1) is 0 Å². The molecule has 2 aromatic rings. The van der Waals surface area contributed by atoms with E-state index in [1.807, 2.05) is 20.8 Å². The zero-order valence-corrected chi connectivity index (χ0v) is 9.43. The van der Waals surface area contributed by atoms with Gasteiger partial charge in [0.15, 0.2) is 11.3 Å². The molecule has 0 bridgehead atoms. The number of aromatic nitrogens is 3. The van der Waals surface area contributed by atoms with Crippen LogP contribution in [-0.2, 0) is 5.41 Å². The summed E-state index contributed by atoms with van der Waals surface area (Å²) in [5.41, 5.74) is 0.171. The normalized spacial score (nSPS) is 11.9. The minimum atomic E-state index is -1.05. The molecule has 1 N–H and O–H groups in total. The van der Waals surface area contributed by atoms with Gasteiger partial charge in [-0.1, -0.05) is 20.8 Å². The van der Waals surface area contributed by atoms with Gasteiger partial charge in [-0.25, -0.2) is 14.8 Å². The Morgan fingerprint density at radius 3 is 2.69 bits per heavy atom. The molecule has 2 heterocycles. The zero-order valence-electron chi connectivity index (χ0n) is 9.43. The highest BCUT2D eigenvalue weighted by Crippen LogP contribution is 2.23. The first kappa shape index (κ1) is 10.6. The lowest BCUT2D eigenvalue weighted by Crippen LogP contribution is -2.16. The second-order valence-electron chi connectivity index (χ2n) is 4.65. The summed E-state index contributed by atoms with van der Waals surface area (Å²) in [7, 11) is 0. The molecule has 2 aromatic heterocycles. The SMILES string of the molecule is CC(C)(C)c1nc(C(=O)O)c2ncccn12. The van der Waals surface area contributed by atoms with E-state index < -0.39 is 5.97 Å². The topological polar surface area (TPSA) is 67.5 Å². The van der Waals surface area contributed by atoms with Gasteiger partial charge in [-0.05, 0) is 6.07 Å². The fraction of sp³-hybridized carbons (Fsp3) is 0.364. The minimum absolute atomic E-state index is 0.00512. The van der Waals surface area contributed by atoms with Crippen molar-refractivity contribution in [2.45, 2.75) is 26.2 Å². The van der Waals surface area contributed by atoms with Crippen molar-refractivity contribution < 1.29 is 9.90 Å². The van der Waals surface area contributed by atoms with Crippen LogP contribution >= 0.6 is 0 Å². The Morgan fingerprint density at radius 1 is 1.44 bits per heavy atom. The molecular formula is C11H13N3O2. The number of hydrogen-bond acceptors (Lipinski definition) is 3. The summed E-state index contributed by atoms with van der Waals surface area (Å²) in [6.45, 7) is 5.96. The summed E-state index contributed by atoms with van der Waals surface area (Å²) in [5.74, 6) is -0.347.